The highest BCUT2D eigenvalue weighted by atomic mass is 16.7. The SMILES string of the molecule is CNOC(=O)c1ccccc1O. The van der Waals surface area contributed by atoms with E-state index in [4.69, 9.17) is 0 Å². The third kappa shape index (κ3) is 1.73. The van der Waals surface area contributed by atoms with Crippen LogP contribution in [0, 0.1) is 0 Å². The number of hydrogen-bond donors (Lipinski definition) is 2. The number of aromatic hydroxyl groups is 1. The van der Waals surface area contributed by atoms with Crippen LogP contribution in [0.3, 0.4) is 0 Å². The molecule has 0 amide bonds. The topological polar surface area (TPSA) is 58.6 Å². The summed E-state index contributed by atoms with van der Waals surface area (Å²) in [6.07, 6.45) is 0. The number of phenols is 1. The lowest BCUT2D eigenvalue weighted by Crippen LogP contribution is -2.15. The molecule has 0 heterocycles. The summed E-state index contributed by atoms with van der Waals surface area (Å²) in [6, 6.07) is 6.18. The van der Waals surface area contributed by atoms with Gasteiger partial charge in [-0.15, -0.1) is 0 Å². The first-order chi connectivity index (χ1) is 5.75. The Morgan fingerprint density at radius 2 is 2.17 bits per heavy atom. The molecule has 0 bridgehead atoms. The number of carbonyl (C=O) groups excluding carboxylic acids is 1. The zero-order chi connectivity index (χ0) is 8.97. The molecule has 0 unspecified atom stereocenters. The molecule has 0 spiro atoms. The molecular weight excluding hydrogens is 158 g/mol. The van der Waals surface area contributed by atoms with Crippen LogP contribution in [0.2, 0.25) is 0 Å². The van der Waals surface area contributed by atoms with Gasteiger partial charge in [-0.3, -0.25) is 0 Å². The standard InChI is InChI=1S/C8H9NO3/c1-9-12-8(11)6-4-2-3-5-7(6)10/h2-5,9-10H,1H3. The van der Waals surface area contributed by atoms with Crippen molar-refractivity contribution < 1.29 is 14.7 Å². The number of carbonyl (C=O) groups is 1. The van der Waals surface area contributed by atoms with E-state index in [-0.39, 0.29) is 11.3 Å². The zero-order valence-corrected chi connectivity index (χ0v) is 6.57. The molecule has 2 N–H and O–H groups in total. The van der Waals surface area contributed by atoms with Crippen molar-refractivity contribution in [2.45, 2.75) is 0 Å². The van der Waals surface area contributed by atoms with Crippen LogP contribution >= 0.6 is 0 Å². The Hall–Kier alpha value is -1.55. The van der Waals surface area contributed by atoms with E-state index in [1.807, 2.05) is 0 Å². The van der Waals surface area contributed by atoms with Crippen LogP contribution in [-0.4, -0.2) is 18.1 Å². The Bertz CT molecular complexity index is 285. The first-order valence-electron chi connectivity index (χ1n) is 3.41. The molecule has 0 atom stereocenters. The predicted octanol–water partition coefficient (Wildman–Crippen LogP) is 0.683. The van der Waals surface area contributed by atoms with E-state index in [1.165, 1.54) is 19.2 Å². The van der Waals surface area contributed by atoms with Gasteiger partial charge in [0.1, 0.15) is 11.3 Å². The van der Waals surface area contributed by atoms with Crippen molar-refractivity contribution in [1.29, 1.82) is 0 Å². The Kier molecular flexibility index (Phi) is 2.66. The summed E-state index contributed by atoms with van der Waals surface area (Å²) in [5.41, 5.74) is 2.38. The van der Waals surface area contributed by atoms with Crippen LogP contribution < -0.4 is 5.48 Å². The number of rotatable bonds is 2. The molecule has 0 aliphatic rings. The lowest BCUT2D eigenvalue weighted by Gasteiger charge is -2.02. The quantitative estimate of drug-likeness (QED) is 0.636. The summed E-state index contributed by atoms with van der Waals surface area (Å²) < 4.78 is 0. The molecule has 0 aliphatic heterocycles. The summed E-state index contributed by atoms with van der Waals surface area (Å²) in [6.45, 7) is 0. The third-order valence-electron chi connectivity index (χ3n) is 1.32. The van der Waals surface area contributed by atoms with Gasteiger partial charge in [0.2, 0.25) is 0 Å². The van der Waals surface area contributed by atoms with Crippen molar-refractivity contribution in [2.24, 2.45) is 0 Å². The number of phenolic OH excluding ortho intramolecular Hbond substituents is 1. The van der Waals surface area contributed by atoms with Crippen LogP contribution in [0.5, 0.6) is 5.75 Å². The van der Waals surface area contributed by atoms with E-state index in [0.717, 1.165) is 0 Å². The van der Waals surface area contributed by atoms with Crippen molar-refractivity contribution >= 4 is 5.97 Å². The normalized spacial score (nSPS) is 9.42. The van der Waals surface area contributed by atoms with Crippen LogP contribution in [-0.2, 0) is 4.84 Å². The molecule has 0 fully saturated rings. The summed E-state index contributed by atoms with van der Waals surface area (Å²) in [4.78, 5) is 15.5. The lowest BCUT2D eigenvalue weighted by atomic mass is 10.2. The number of hydroxylamine groups is 1. The van der Waals surface area contributed by atoms with Crippen LogP contribution in [0.1, 0.15) is 10.4 Å². The molecule has 4 heteroatoms. The molecule has 0 saturated carbocycles. The number of hydrogen-bond acceptors (Lipinski definition) is 4. The molecule has 12 heavy (non-hydrogen) atoms. The molecule has 4 nitrogen and oxygen atoms in total. The predicted molar refractivity (Wildman–Crippen MR) is 42.6 cm³/mol. The monoisotopic (exact) mass is 167 g/mol. The summed E-state index contributed by atoms with van der Waals surface area (Å²) in [5, 5.41) is 9.18. The van der Waals surface area contributed by atoms with Crippen molar-refractivity contribution in [2.75, 3.05) is 7.05 Å². The van der Waals surface area contributed by atoms with E-state index in [0.29, 0.717) is 0 Å². The van der Waals surface area contributed by atoms with E-state index in [2.05, 4.69) is 10.3 Å². The second-order valence-electron chi connectivity index (χ2n) is 2.11. The van der Waals surface area contributed by atoms with Gasteiger partial charge in [0, 0.05) is 7.05 Å². The van der Waals surface area contributed by atoms with Gasteiger partial charge < -0.3 is 9.94 Å². The van der Waals surface area contributed by atoms with Gasteiger partial charge >= 0.3 is 5.97 Å². The van der Waals surface area contributed by atoms with Gasteiger partial charge in [-0.1, -0.05) is 12.1 Å². The molecule has 1 rings (SSSR count). The van der Waals surface area contributed by atoms with E-state index in [1.54, 1.807) is 12.1 Å². The minimum absolute atomic E-state index is 0.0854. The number of nitrogens with one attached hydrogen (secondary N) is 1. The smallest absolute Gasteiger partial charge is 0.360 e. The third-order valence-corrected chi connectivity index (χ3v) is 1.32. The second-order valence-corrected chi connectivity index (χ2v) is 2.11. The highest BCUT2D eigenvalue weighted by Crippen LogP contribution is 2.15. The van der Waals surface area contributed by atoms with Gasteiger partial charge in [0.25, 0.3) is 0 Å². The van der Waals surface area contributed by atoms with E-state index < -0.39 is 5.97 Å². The van der Waals surface area contributed by atoms with Crippen molar-refractivity contribution in [3.63, 3.8) is 0 Å². The molecule has 64 valence electrons. The van der Waals surface area contributed by atoms with Crippen LogP contribution in [0.4, 0.5) is 0 Å². The van der Waals surface area contributed by atoms with Crippen LogP contribution in [0.25, 0.3) is 0 Å². The van der Waals surface area contributed by atoms with Crippen molar-refractivity contribution in [3.05, 3.63) is 29.8 Å². The average Bonchev–Trinajstić information content (AvgIpc) is 2.05. The van der Waals surface area contributed by atoms with Gasteiger partial charge in [0.15, 0.2) is 0 Å². The summed E-state index contributed by atoms with van der Waals surface area (Å²) >= 11 is 0. The highest BCUT2D eigenvalue weighted by Gasteiger charge is 2.10. The molecule has 0 aromatic heterocycles. The first kappa shape index (κ1) is 8.55. The van der Waals surface area contributed by atoms with Gasteiger partial charge in [0.05, 0.1) is 0 Å². The van der Waals surface area contributed by atoms with Crippen LogP contribution in [0.15, 0.2) is 24.3 Å². The molecule has 1 aromatic carbocycles. The molecule has 0 radical (unpaired) electrons. The van der Waals surface area contributed by atoms with Gasteiger partial charge in [-0.2, -0.15) is 5.48 Å². The fourth-order valence-electron chi connectivity index (χ4n) is 0.794. The zero-order valence-electron chi connectivity index (χ0n) is 6.57. The molecule has 0 saturated heterocycles. The lowest BCUT2D eigenvalue weighted by molar-refractivity contribution is 0.0306. The summed E-state index contributed by atoms with van der Waals surface area (Å²) in [5.74, 6) is -0.687. The second kappa shape index (κ2) is 3.73. The summed E-state index contributed by atoms with van der Waals surface area (Å²) in [7, 11) is 1.47. The number of para-hydroxylation sites is 1. The molecular formula is C8H9NO3. The maximum Gasteiger partial charge on any atom is 0.360 e. The maximum absolute atomic E-state index is 11.0. The maximum atomic E-state index is 11.0. The minimum atomic E-state index is -0.601. The molecule has 1 aromatic rings. The van der Waals surface area contributed by atoms with Gasteiger partial charge in [-0.25, -0.2) is 4.79 Å². The first-order valence-corrected chi connectivity index (χ1v) is 3.41. The van der Waals surface area contributed by atoms with Crippen molar-refractivity contribution in [1.82, 2.24) is 5.48 Å². The Morgan fingerprint density at radius 3 is 2.75 bits per heavy atom. The van der Waals surface area contributed by atoms with Gasteiger partial charge in [-0.05, 0) is 12.1 Å². The van der Waals surface area contributed by atoms with Crippen molar-refractivity contribution in [3.8, 4) is 5.75 Å². The molecule has 0 aliphatic carbocycles. The average molecular weight is 167 g/mol. The Morgan fingerprint density at radius 1 is 1.50 bits per heavy atom. The van der Waals surface area contributed by atoms with E-state index >= 15 is 0 Å². The highest BCUT2D eigenvalue weighted by molar-refractivity contribution is 5.92. The fraction of sp³-hybridized carbons (Fsp3) is 0.125. The largest absolute Gasteiger partial charge is 0.507 e. The Balaban J connectivity index is 2.87. The minimum Gasteiger partial charge on any atom is -0.507 e. The number of benzene rings is 1. The fourth-order valence-corrected chi connectivity index (χ4v) is 0.794. The van der Waals surface area contributed by atoms with E-state index in [9.17, 15) is 9.90 Å². The Labute approximate surface area is 69.7 Å².